The first kappa shape index (κ1) is 18.5. The Morgan fingerprint density at radius 1 is 1.19 bits per heavy atom. The maximum Gasteiger partial charge on any atom is 0.409 e. The third-order valence-corrected chi connectivity index (χ3v) is 4.57. The van der Waals surface area contributed by atoms with Gasteiger partial charge in [0.25, 0.3) is 0 Å². The molecule has 2 aromatic carbocycles. The highest BCUT2D eigenvalue weighted by Crippen LogP contribution is 2.45. The van der Waals surface area contributed by atoms with Gasteiger partial charge in [-0.05, 0) is 37.8 Å². The fourth-order valence-electron chi connectivity index (χ4n) is 3.50. The topological polar surface area (TPSA) is 41.6 Å². The van der Waals surface area contributed by atoms with Crippen LogP contribution in [0, 0.1) is 0 Å². The summed E-state index contributed by atoms with van der Waals surface area (Å²) in [4.78, 5) is 11.8. The number of hydrazine groups is 1. The molecule has 0 saturated carbocycles. The number of nitrogens with one attached hydrogen (secondary N) is 1. The Labute approximate surface area is 149 Å². The molecule has 7 heteroatoms. The SMILES string of the molecule is CCOc1cccc2c(C(N3NC(=O)CC3(C)C)C(F)(F)F)cccc12. The maximum absolute atomic E-state index is 14.1. The maximum atomic E-state index is 14.1. The molecule has 0 radical (unpaired) electrons. The van der Waals surface area contributed by atoms with E-state index in [1.165, 1.54) is 6.07 Å². The summed E-state index contributed by atoms with van der Waals surface area (Å²) in [6.07, 6.45) is -4.56. The van der Waals surface area contributed by atoms with Gasteiger partial charge >= 0.3 is 6.18 Å². The molecule has 3 rings (SSSR count). The van der Waals surface area contributed by atoms with Gasteiger partial charge in [0, 0.05) is 17.3 Å². The van der Waals surface area contributed by atoms with Crippen LogP contribution in [-0.4, -0.2) is 29.2 Å². The highest BCUT2D eigenvalue weighted by atomic mass is 19.4. The van der Waals surface area contributed by atoms with Crippen molar-refractivity contribution in [3.63, 3.8) is 0 Å². The van der Waals surface area contributed by atoms with Crippen LogP contribution >= 0.6 is 0 Å². The molecule has 2 aromatic rings. The average molecular weight is 366 g/mol. The van der Waals surface area contributed by atoms with Gasteiger partial charge in [-0.3, -0.25) is 10.2 Å². The Morgan fingerprint density at radius 3 is 2.42 bits per heavy atom. The van der Waals surface area contributed by atoms with Gasteiger partial charge in [-0.1, -0.05) is 30.3 Å². The van der Waals surface area contributed by atoms with Crippen LogP contribution in [0.4, 0.5) is 13.2 Å². The first-order chi connectivity index (χ1) is 12.1. The lowest BCUT2D eigenvalue weighted by Crippen LogP contribution is -2.51. The summed E-state index contributed by atoms with van der Waals surface area (Å²) in [5, 5.41) is 2.10. The number of fused-ring (bicyclic) bond motifs is 1. The number of hydrogen-bond acceptors (Lipinski definition) is 3. The molecular weight excluding hydrogens is 345 g/mol. The van der Waals surface area contributed by atoms with Crippen molar-refractivity contribution in [3.05, 3.63) is 42.0 Å². The number of carbonyl (C=O) groups is 1. The normalized spacial score (nSPS) is 18.8. The van der Waals surface area contributed by atoms with Crippen LogP contribution in [0.3, 0.4) is 0 Å². The number of carbonyl (C=O) groups excluding carboxylic acids is 1. The molecule has 1 unspecified atom stereocenters. The van der Waals surface area contributed by atoms with E-state index < -0.39 is 23.7 Å². The molecule has 1 amide bonds. The van der Waals surface area contributed by atoms with Gasteiger partial charge in [0.2, 0.25) is 5.91 Å². The molecule has 1 saturated heterocycles. The molecular formula is C19H21F3N2O2. The first-order valence-corrected chi connectivity index (χ1v) is 8.45. The van der Waals surface area contributed by atoms with Crippen LogP contribution in [0.5, 0.6) is 5.75 Å². The molecule has 1 fully saturated rings. The standard InChI is InChI=1S/C19H21F3N2O2/c1-4-26-15-10-6-7-12-13(15)8-5-9-14(12)17(19(20,21)22)24-18(2,3)11-16(25)23-24/h5-10,17H,4,11H2,1-3H3,(H,23,25). The second-order valence-corrected chi connectivity index (χ2v) is 6.97. The zero-order chi connectivity index (χ0) is 19.1. The second-order valence-electron chi connectivity index (χ2n) is 6.97. The van der Waals surface area contributed by atoms with Crippen molar-refractivity contribution in [3.8, 4) is 5.75 Å². The van der Waals surface area contributed by atoms with E-state index in [1.54, 1.807) is 44.2 Å². The second kappa shape index (κ2) is 6.46. The van der Waals surface area contributed by atoms with E-state index in [2.05, 4.69) is 5.43 Å². The van der Waals surface area contributed by atoms with Crippen molar-refractivity contribution in [2.24, 2.45) is 0 Å². The quantitative estimate of drug-likeness (QED) is 0.874. The summed E-state index contributed by atoms with van der Waals surface area (Å²) in [5.41, 5.74) is 1.53. The molecule has 1 aliphatic heterocycles. The molecule has 0 aliphatic carbocycles. The van der Waals surface area contributed by atoms with Crippen molar-refractivity contribution in [1.82, 2.24) is 10.4 Å². The summed E-state index contributed by atoms with van der Waals surface area (Å²) in [6, 6.07) is 7.89. The van der Waals surface area contributed by atoms with E-state index in [0.717, 1.165) is 5.01 Å². The van der Waals surface area contributed by atoms with Gasteiger partial charge in [0.05, 0.1) is 6.61 Å². The molecule has 1 heterocycles. The van der Waals surface area contributed by atoms with Crippen molar-refractivity contribution < 1.29 is 22.7 Å². The van der Waals surface area contributed by atoms with E-state index in [9.17, 15) is 18.0 Å². The van der Waals surface area contributed by atoms with E-state index in [1.807, 2.05) is 6.92 Å². The zero-order valence-corrected chi connectivity index (χ0v) is 14.9. The minimum atomic E-state index is -4.56. The van der Waals surface area contributed by atoms with E-state index >= 15 is 0 Å². The minimum Gasteiger partial charge on any atom is -0.493 e. The Morgan fingerprint density at radius 2 is 1.85 bits per heavy atom. The fraction of sp³-hybridized carbons (Fsp3) is 0.421. The smallest absolute Gasteiger partial charge is 0.409 e. The Hall–Kier alpha value is -2.28. The largest absolute Gasteiger partial charge is 0.493 e. The lowest BCUT2D eigenvalue weighted by atomic mass is 9.93. The number of rotatable bonds is 4. The van der Waals surface area contributed by atoms with Crippen LogP contribution in [0.2, 0.25) is 0 Å². The predicted octanol–water partition coefficient (Wildman–Crippen LogP) is 4.36. The number of amides is 1. The molecule has 0 spiro atoms. The summed E-state index contributed by atoms with van der Waals surface area (Å²) < 4.78 is 47.8. The first-order valence-electron chi connectivity index (χ1n) is 8.45. The van der Waals surface area contributed by atoms with Crippen LogP contribution in [-0.2, 0) is 4.79 Å². The lowest BCUT2D eigenvalue weighted by Gasteiger charge is -2.38. The predicted molar refractivity (Wildman–Crippen MR) is 92.6 cm³/mol. The van der Waals surface area contributed by atoms with Crippen LogP contribution in [0.25, 0.3) is 10.8 Å². The molecule has 1 N–H and O–H groups in total. The summed E-state index contributed by atoms with van der Waals surface area (Å²) in [7, 11) is 0. The molecule has 26 heavy (non-hydrogen) atoms. The number of alkyl halides is 3. The summed E-state index contributed by atoms with van der Waals surface area (Å²) in [6.45, 7) is 5.49. The van der Waals surface area contributed by atoms with Crippen LogP contribution < -0.4 is 10.2 Å². The Kier molecular flexibility index (Phi) is 4.60. The average Bonchev–Trinajstić information content (AvgIpc) is 2.79. The van der Waals surface area contributed by atoms with E-state index in [4.69, 9.17) is 4.74 Å². The van der Waals surface area contributed by atoms with Crippen molar-refractivity contribution >= 4 is 16.7 Å². The molecule has 1 atom stereocenters. The van der Waals surface area contributed by atoms with Gasteiger partial charge in [0.15, 0.2) is 6.04 Å². The number of nitrogens with zero attached hydrogens (tertiary/aromatic N) is 1. The van der Waals surface area contributed by atoms with Gasteiger partial charge in [0.1, 0.15) is 5.75 Å². The fourth-order valence-corrected chi connectivity index (χ4v) is 3.50. The third kappa shape index (κ3) is 3.23. The van der Waals surface area contributed by atoms with Crippen LogP contribution in [0.15, 0.2) is 36.4 Å². The van der Waals surface area contributed by atoms with Crippen molar-refractivity contribution in [2.75, 3.05) is 6.61 Å². The van der Waals surface area contributed by atoms with Gasteiger partial charge in [-0.25, -0.2) is 0 Å². The molecule has 1 aliphatic rings. The molecule has 0 bridgehead atoms. The highest BCUT2D eigenvalue weighted by molar-refractivity contribution is 5.91. The Bertz CT molecular complexity index is 833. The zero-order valence-electron chi connectivity index (χ0n) is 14.9. The summed E-state index contributed by atoms with van der Waals surface area (Å²) >= 11 is 0. The van der Waals surface area contributed by atoms with Gasteiger partial charge in [-0.15, -0.1) is 0 Å². The molecule has 140 valence electrons. The van der Waals surface area contributed by atoms with Crippen LogP contribution in [0.1, 0.15) is 38.8 Å². The monoisotopic (exact) mass is 366 g/mol. The Balaban J connectivity index is 2.20. The number of benzene rings is 2. The molecule has 4 nitrogen and oxygen atoms in total. The van der Waals surface area contributed by atoms with Gasteiger partial charge in [-0.2, -0.15) is 18.2 Å². The van der Waals surface area contributed by atoms with E-state index in [0.29, 0.717) is 23.1 Å². The van der Waals surface area contributed by atoms with Crippen molar-refractivity contribution in [1.29, 1.82) is 0 Å². The minimum absolute atomic E-state index is 0.00847. The molecule has 0 aromatic heterocycles. The number of hydrogen-bond donors (Lipinski definition) is 1. The third-order valence-electron chi connectivity index (χ3n) is 4.57. The van der Waals surface area contributed by atoms with E-state index in [-0.39, 0.29) is 12.0 Å². The van der Waals surface area contributed by atoms with Gasteiger partial charge < -0.3 is 4.74 Å². The lowest BCUT2D eigenvalue weighted by molar-refractivity contribution is -0.203. The number of halogens is 3. The van der Waals surface area contributed by atoms with Crippen molar-refractivity contribution in [2.45, 2.75) is 44.9 Å². The summed E-state index contributed by atoms with van der Waals surface area (Å²) in [5.74, 6) is 0.122. The highest BCUT2D eigenvalue weighted by Gasteiger charge is 2.53. The number of ether oxygens (including phenoxy) is 1.